The normalized spacial score (nSPS) is 12.6. The number of benzene rings is 2. The maximum Gasteiger partial charge on any atom is 0.132 e. The average Bonchev–Trinajstić information content (AvgIpc) is 2.38. The Bertz CT molecular complexity index is 523. The highest BCUT2D eigenvalue weighted by Gasteiger charge is 2.12. The van der Waals surface area contributed by atoms with Gasteiger partial charge in [-0.3, -0.25) is 0 Å². The predicted octanol–water partition coefficient (Wildman–Crippen LogP) is 3.63. The van der Waals surface area contributed by atoms with Crippen molar-refractivity contribution in [2.24, 2.45) is 0 Å². The van der Waals surface area contributed by atoms with Crippen molar-refractivity contribution in [3.05, 3.63) is 42.0 Å². The van der Waals surface area contributed by atoms with Crippen LogP contribution in [0.15, 0.2) is 36.4 Å². The first kappa shape index (κ1) is 13.2. The van der Waals surface area contributed by atoms with E-state index < -0.39 is 6.10 Å². The summed E-state index contributed by atoms with van der Waals surface area (Å²) in [5, 5.41) is 12.0. The van der Waals surface area contributed by atoms with Crippen molar-refractivity contribution < 1.29 is 9.84 Å². The van der Waals surface area contributed by atoms with Crippen LogP contribution in [-0.2, 0) is 0 Å². The van der Waals surface area contributed by atoms with E-state index in [-0.39, 0.29) is 0 Å². The van der Waals surface area contributed by atoms with Gasteiger partial charge in [-0.15, -0.1) is 0 Å². The number of rotatable bonds is 5. The van der Waals surface area contributed by atoms with Crippen molar-refractivity contribution in [3.8, 4) is 5.75 Å². The molecule has 2 aromatic carbocycles. The maximum absolute atomic E-state index is 9.84. The molecule has 0 heterocycles. The summed E-state index contributed by atoms with van der Waals surface area (Å²) in [5.41, 5.74) is 0.856. The summed E-state index contributed by atoms with van der Waals surface area (Å²) in [4.78, 5) is 0. The van der Waals surface area contributed by atoms with Crippen LogP contribution in [0.1, 0.15) is 18.6 Å². The molecule has 0 saturated heterocycles. The molecule has 0 aliphatic heterocycles. The zero-order chi connectivity index (χ0) is 13.0. The monoisotopic (exact) mass is 262 g/mol. The predicted molar refractivity (Wildman–Crippen MR) is 78.5 cm³/mol. The quantitative estimate of drug-likeness (QED) is 0.834. The molecule has 0 bridgehead atoms. The van der Waals surface area contributed by atoms with Crippen molar-refractivity contribution >= 4 is 22.5 Å². The van der Waals surface area contributed by atoms with Crippen LogP contribution >= 0.6 is 11.8 Å². The largest absolute Gasteiger partial charge is 0.492 e. The summed E-state index contributed by atoms with van der Waals surface area (Å²) in [5.74, 6) is 1.76. The Morgan fingerprint density at radius 3 is 2.72 bits per heavy atom. The molecule has 0 spiro atoms. The van der Waals surface area contributed by atoms with E-state index in [1.165, 1.54) is 0 Å². The molecule has 1 unspecified atom stereocenters. The fourth-order valence-electron chi connectivity index (χ4n) is 1.98. The van der Waals surface area contributed by atoms with E-state index in [2.05, 4.69) is 12.3 Å². The van der Waals surface area contributed by atoms with Gasteiger partial charge in [0.25, 0.3) is 0 Å². The highest BCUT2D eigenvalue weighted by Crippen LogP contribution is 2.33. The fraction of sp³-hybridized carbons (Fsp3) is 0.333. The zero-order valence-corrected chi connectivity index (χ0v) is 11.5. The molecule has 3 heteroatoms. The molecule has 2 nitrogen and oxygen atoms in total. The van der Waals surface area contributed by atoms with Crippen molar-refractivity contribution in [3.63, 3.8) is 0 Å². The van der Waals surface area contributed by atoms with Gasteiger partial charge in [-0.25, -0.2) is 0 Å². The van der Waals surface area contributed by atoms with Gasteiger partial charge in [-0.1, -0.05) is 36.4 Å². The molecule has 96 valence electrons. The molecular weight excluding hydrogens is 244 g/mol. The molecule has 0 amide bonds. The summed E-state index contributed by atoms with van der Waals surface area (Å²) < 4.78 is 5.87. The summed E-state index contributed by atoms with van der Waals surface area (Å²) >= 11 is 1.75. The van der Waals surface area contributed by atoms with Crippen LogP contribution in [0.4, 0.5) is 0 Å². The molecule has 2 rings (SSSR count). The zero-order valence-electron chi connectivity index (χ0n) is 10.7. The molecular formula is C15H18O2S. The van der Waals surface area contributed by atoms with E-state index in [1.807, 2.05) is 30.3 Å². The van der Waals surface area contributed by atoms with Gasteiger partial charge in [-0.05, 0) is 18.6 Å². The second kappa shape index (κ2) is 6.12. The van der Waals surface area contributed by atoms with E-state index in [4.69, 9.17) is 4.74 Å². The van der Waals surface area contributed by atoms with Gasteiger partial charge in [0.1, 0.15) is 5.75 Å². The van der Waals surface area contributed by atoms with Gasteiger partial charge in [0.05, 0.1) is 12.7 Å². The first-order valence-corrected chi connectivity index (χ1v) is 7.45. The lowest BCUT2D eigenvalue weighted by molar-refractivity contribution is 0.193. The number of hydrogen-bond donors (Lipinski definition) is 1. The highest BCUT2D eigenvalue weighted by molar-refractivity contribution is 7.98. The molecule has 0 fully saturated rings. The third-order valence-corrected chi connectivity index (χ3v) is 3.47. The molecule has 1 atom stereocenters. The van der Waals surface area contributed by atoms with Gasteiger partial charge >= 0.3 is 0 Å². The third kappa shape index (κ3) is 2.79. The van der Waals surface area contributed by atoms with Crippen molar-refractivity contribution in [2.75, 3.05) is 18.6 Å². The van der Waals surface area contributed by atoms with Crippen LogP contribution in [-0.4, -0.2) is 23.7 Å². The van der Waals surface area contributed by atoms with Crippen LogP contribution in [0.5, 0.6) is 5.75 Å². The van der Waals surface area contributed by atoms with Crippen molar-refractivity contribution in [1.29, 1.82) is 0 Å². The van der Waals surface area contributed by atoms with Gasteiger partial charge in [0, 0.05) is 16.7 Å². The van der Waals surface area contributed by atoms with E-state index >= 15 is 0 Å². The Kier molecular flexibility index (Phi) is 4.50. The molecule has 0 radical (unpaired) electrons. The second-order valence-electron chi connectivity index (χ2n) is 4.22. The number of ether oxygens (including phenoxy) is 1. The SMILES string of the molecule is CSCCOc1c(C(C)O)ccc2ccccc12. The maximum atomic E-state index is 9.84. The molecule has 0 aliphatic carbocycles. The smallest absolute Gasteiger partial charge is 0.132 e. The Morgan fingerprint density at radius 2 is 2.00 bits per heavy atom. The van der Waals surface area contributed by atoms with Crippen molar-refractivity contribution in [2.45, 2.75) is 13.0 Å². The minimum atomic E-state index is -0.515. The molecule has 0 saturated carbocycles. The van der Waals surface area contributed by atoms with Gasteiger partial charge < -0.3 is 9.84 Å². The Balaban J connectivity index is 2.45. The Labute approximate surface area is 112 Å². The third-order valence-electron chi connectivity index (χ3n) is 2.89. The number of fused-ring (bicyclic) bond motifs is 1. The van der Waals surface area contributed by atoms with Gasteiger partial charge in [0.2, 0.25) is 0 Å². The number of aliphatic hydroxyl groups is 1. The molecule has 18 heavy (non-hydrogen) atoms. The summed E-state index contributed by atoms with van der Waals surface area (Å²) in [6.45, 7) is 2.43. The fourth-order valence-corrected chi connectivity index (χ4v) is 2.23. The minimum Gasteiger partial charge on any atom is -0.492 e. The van der Waals surface area contributed by atoms with E-state index in [1.54, 1.807) is 18.7 Å². The molecule has 0 aliphatic rings. The van der Waals surface area contributed by atoms with Gasteiger partial charge in [-0.2, -0.15) is 11.8 Å². The number of hydrogen-bond acceptors (Lipinski definition) is 3. The standard InChI is InChI=1S/C15H18O2S/c1-11(16)13-8-7-12-5-3-4-6-14(12)15(13)17-9-10-18-2/h3-8,11,16H,9-10H2,1-2H3. The summed E-state index contributed by atoms with van der Waals surface area (Å²) in [6, 6.07) is 12.1. The highest BCUT2D eigenvalue weighted by atomic mass is 32.2. The van der Waals surface area contributed by atoms with E-state index in [0.717, 1.165) is 27.8 Å². The van der Waals surface area contributed by atoms with Crippen LogP contribution in [0.2, 0.25) is 0 Å². The number of aliphatic hydroxyl groups excluding tert-OH is 1. The summed E-state index contributed by atoms with van der Waals surface area (Å²) in [7, 11) is 0. The van der Waals surface area contributed by atoms with Crippen LogP contribution in [0, 0.1) is 0 Å². The lowest BCUT2D eigenvalue weighted by Gasteiger charge is -2.16. The van der Waals surface area contributed by atoms with Crippen LogP contribution < -0.4 is 4.74 Å². The number of thioether (sulfide) groups is 1. The van der Waals surface area contributed by atoms with Crippen LogP contribution in [0.25, 0.3) is 10.8 Å². The molecule has 1 N–H and O–H groups in total. The van der Waals surface area contributed by atoms with E-state index in [0.29, 0.717) is 6.61 Å². The lowest BCUT2D eigenvalue weighted by Crippen LogP contribution is -2.04. The van der Waals surface area contributed by atoms with Crippen molar-refractivity contribution in [1.82, 2.24) is 0 Å². The van der Waals surface area contributed by atoms with E-state index in [9.17, 15) is 5.11 Å². The first-order chi connectivity index (χ1) is 8.74. The Hall–Kier alpha value is -1.19. The average molecular weight is 262 g/mol. The first-order valence-electron chi connectivity index (χ1n) is 6.05. The van der Waals surface area contributed by atoms with Crippen LogP contribution in [0.3, 0.4) is 0 Å². The minimum absolute atomic E-state index is 0.515. The molecule has 0 aromatic heterocycles. The summed E-state index contributed by atoms with van der Waals surface area (Å²) in [6.07, 6.45) is 1.54. The second-order valence-corrected chi connectivity index (χ2v) is 5.21. The van der Waals surface area contributed by atoms with Gasteiger partial charge in [0.15, 0.2) is 0 Å². The molecule has 2 aromatic rings. The Morgan fingerprint density at radius 1 is 1.22 bits per heavy atom. The topological polar surface area (TPSA) is 29.5 Å². The lowest BCUT2D eigenvalue weighted by atomic mass is 10.0.